The smallest absolute Gasteiger partial charge is 0.210 e. The monoisotopic (exact) mass is 302 g/mol. The maximum atomic E-state index is 12.0. The highest BCUT2D eigenvalue weighted by atomic mass is 32.2. The summed E-state index contributed by atoms with van der Waals surface area (Å²) in [7, 11) is 0. The highest BCUT2D eigenvalue weighted by Crippen LogP contribution is 2.31. The summed E-state index contributed by atoms with van der Waals surface area (Å²) < 4.78 is 1.90. The second-order valence-corrected chi connectivity index (χ2v) is 6.28. The van der Waals surface area contributed by atoms with Crippen LogP contribution in [-0.2, 0) is 11.2 Å². The molecule has 0 N–H and O–H groups in total. The minimum Gasteiger partial charge on any atom is -0.298 e. The molecule has 21 heavy (non-hydrogen) atoms. The van der Waals surface area contributed by atoms with Crippen molar-refractivity contribution in [2.45, 2.75) is 43.3 Å². The highest BCUT2D eigenvalue weighted by Gasteiger charge is 2.22. The van der Waals surface area contributed by atoms with E-state index in [0.29, 0.717) is 18.2 Å². The van der Waals surface area contributed by atoms with Crippen LogP contribution in [0.3, 0.4) is 0 Å². The molecule has 0 amide bonds. The molecule has 110 valence electrons. The van der Waals surface area contributed by atoms with Gasteiger partial charge in [-0.05, 0) is 28.8 Å². The SMILES string of the molecule is O=C(CSc1nnnn1C1CCCC1)Cc1ccccc1. The van der Waals surface area contributed by atoms with Crippen molar-refractivity contribution in [3.05, 3.63) is 35.9 Å². The van der Waals surface area contributed by atoms with E-state index in [0.717, 1.165) is 23.6 Å². The molecular formula is C15H18N4OS. The molecule has 1 aromatic heterocycles. The molecule has 0 spiro atoms. The van der Waals surface area contributed by atoms with Crippen molar-refractivity contribution in [3.63, 3.8) is 0 Å². The van der Waals surface area contributed by atoms with Crippen LogP contribution in [0.1, 0.15) is 37.3 Å². The van der Waals surface area contributed by atoms with E-state index in [4.69, 9.17) is 0 Å². The highest BCUT2D eigenvalue weighted by molar-refractivity contribution is 7.99. The Morgan fingerprint density at radius 2 is 2.00 bits per heavy atom. The Bertz CT molecular complexity index is 593. The zero-order valence-electron chi connectivity index (χ0n) is 11.8. The molecule has 0 atom stereocenters. The van der Waals surface area contributed by atoms with Crippen molar-refractivity contribution in [2.75, 3.05) is 5.75 Å². The van der Waals surface area contributed by atoms with Gasteiger partial charge in [0.25, 0.3) is 0 Å². The second-order valence-electron chi connectivity index (χ2n) is 5.33. The molecule has 3 rings (SSSR count). The van der Waals surface area contributed by atoms with E-state index < -0.39 is 0 Å². The molecule has 1 aliphatic rings. The molecule has 0 unspecified atom stereocenters. The Labute approximate surface area is 128 Å². The van der Waals surface area contributed by atoms with Crippen LogP contribution in [0.5, 0.6) is 0 Å². The number of benzene rings is 1. The summed E-state index contributed by atoms with van der Waals surface area (Å²) in [6.45, 7) is 0. The van der Waals surface area contributed by atoms with E-state index in [1.807, 2.05) is 35.0 Å². The predicted molar refractivity (Wildman–Crippen MR) is 81.2 cm³/mol. The first-order valence-corrected chi connectivity index (χ1v) is 8.28. The molecule has 1 aromatic carbocycles. The molecule has 0 bridgehead atoms. The van der Waals surface area contributed by atoms with Crippen molar-refractivity contribution in [3.8, 4) is 0 Å². The van der Waals surface area contributed by atoms with Crippen molar-refractivity contribution in [1.82, 2.24) is 20.2 Å². The average Bonchev–Trinajstić information content (AvgIpc) is 3.17. The molecule has 6 heteroatoms. The Morgan fingerprint density at radius 3 is 2.76 bits per heavy atom. The Morgan fingerprint density at radius 1 is 1.24 bits per heavy atom. The Hall–Kier alpha value is -1.69. The third kappa shape index (κ3) is 3.69. The minimum atomic E-state index is 0.201. The third-order valence-electron chi connectivity index (χ3n) is 3.74. The number of nitrogens with zero attached hydrogens (tertiary/aromatic N) is 4. The molecule has 0 saturated heterocycles. The average molecular weight is 302 g/mol. The van der Waals surface area contributed by atoms with Crippen LogP contribution in [-0.4, -0.2) is 31.7 Å². The van der Waals surface area contributed by atoms with Gasteiger partial charge in [-0.15, -0.1) is 5.10 Å². The van der Waals surface area contributed by atoms with Crippen molar-refractivity contribution in [1.29, 1.82) is 0 Å². The first-order chi connectivity index (χ1) is 10.3. The van der Waals surface area contributed by atoms with E-state index in [1.165, 1.54) is 24.6 Å². The molecule has 1 heterocycles. The van der Waals surface area contributed by atoms with Gasteiger partial charge in [-0.25, -0.2) is 4.68 Å². The number of carbonyl (C=O) groups excluding carboxylic acids is 1. The fourth-order valence-electron chi connectivity index (χ4n) is 2.68. The van der Waals surface area contributed by atoms with Crippen LogP contribution in [0.4, 0.5) is 0 Å². The predicted octanol–water partition coefficient (Wildman–Crippen LogP) is 2.69. The molecular weight excluding hydrogens is 284 g/mol. The van der Waals surface area contributed by atoms with E-state index in [-0.39, 0.29) is 5.78 Å². The number of ketones is 1. The molecule has 2 aromatic rings. The largest absolute Gasteiger partial charge is 0.298 e. The molecule has 0 aliphatic heterocycles. The van der Waals surface area contributed by atoms with Gasteiger partial charge in [0.1, 0.15) is 5.78 Å². The summed E-state index contributed by atoms with van der Waals surface area (Å²) in [5.74, 6) is 0.620. The lowest BCUT2D eigenvalue weighted by Gasteiger charge is -2.10. The van der Waals surface area contributed by atoms with Crippen LogP contribution in [0, 0.1) is 0 Å². The van der Waals surface area contributed by atoms with Gasteiger partial charge in [0, 0.05) is 6.42 Å². The van der Waals surface area contributed by atoms with Crippen LogP contribution in [0.15, 0.2) is 35.5 Å². The fraction of sp³-hybridized carbons (Fsp3) is 0.467. The number of rotatable bonds is 6. The molecule has 0 radical (unpaired) electrons. The molecule has 1 aliphatic carbocycles. The standard InChI is InChI=1S/C15H18N4OS/c20-14(10-12-6-2-1-3-7-12)11-21-15-16-17-18-19(15)13-8-4-5-9-13/h1-3,6-7,13H,4-5,8-11H2. The summed E-state index contributed by atoms with van der Waals surface area (Å²) in [6, 6.07) is 10.2. The first kappa shape index (κ1) is 14.3. The number of carbonyl (C=O) groups is 1. The van der Waals surface area contributed by atoms with Crippen molar-refractivity contribution >= 4 is 17.5 Å². The zero-order valence-corrected chi connectivity index (χ0v) is 12.6. The number of hydrogen-bond acceptors (Lipinski definition) is 5. The second kappa shape index (κ2) is 6.85. The van der Waals surface area contributed by atoms with Crippen molar-refractivity contribution in [2.24, 2.45) is 0 Å². The van der Waals surface area contributed by atoms with Gasteiger partial charge >= 0.3 is 0 Å². The lowest BCUT2D eigenvalue weighted by atomic mass is 10.1. The quantitative estimate of drug-likeness (QED) is 0.768. The fourth-order valence-corrected chi connectivity index (χ4v) is 3.48. The summed E-state index contributed by atoms with van der Waals surface area (Å²) in [5.41, 5.74) is 1.05. The van der Waals surface area contributed by atoms with Gasteiger partial charge < -0.3 is 0 Å². The van der Waals surface area contributed by atoms with Crippen molar-refractivity contribution < 1.29 is 4.79 Å². The van der Waals surface area contributed by atoms with Gasteiger partial charge in [0.05, 0.1) is 11.8 Å². The lowest BCUT2D eigenvalue weighted by molar-refractivity contribution is -0.116. The molecule has 1 fully saturated rings. The van der Waals surface area contributed by atoms with E-state index in [1.54, 1.807) is 0 Å². The number of tetrazole rings is 1. The van der Waals surface area contributed by atoms with Crippen LogP contribution in [0.25, 0.3) is 0 Å². The third-order valence-corrected chi connectivity index (χ3v) is 4.73. The number of hydrogen-bond donors (Lipinski definition) is 0. The van der Waals surface area contributed by atoms with Gasteiger partial charge in [-0.3, -0.25) is 4.79 Å². The number of Topliss-reactive ketones (excluding diaryl/α,β-unsaturated/α-hetero) is 1. The molecule has 1 saturated carbocycles. The van der Waals surface area contributed by atoms with E-state index in [9.17, 15) is 4.79 Å². The summed E-state index contributed by atoms with van der Waals surface area (Å²) in [5, 5.41) is 12.7. The number of thioether (sulfide) groups is 1. The Balaban J connectivity index is 1.55. The number of aromatic nitrogens is 4. The van der Waals surface area contributed by atoms with Gasteiger partial charge in [0.2, 0.25) is 5.16 Å². The normalized spacial score (nSPS) is 15.4. The summed E-state index contributed by atoms with van der Waals surface area (Å²) in [6.07, 6.45) is 5.22. The van der Waals surface area contributed by atoms with Gasteiger partial charge in [0.15, 0.2) is 0 Å². The summed E-state index contributed by atoms with van der Waals surface area (Å²) in [4.78, 5) is 12.0. The zero-order chi connectivity index (χ0) is 14.5. The van der Waals surface area contributed by atoms with Crippen LogP contribution in [0.2, 0.25) is 0 Å². The maximum absolute atomic E-state index is 12.0. The summed E-state index contributed by atoms with van der Waals surface area (Å²) >= 11 is 1.45. The maximum Gasteiger partial charge on any atom is 0.210 e. The minimum absolute atomic E-state index is 0.201. The first-order valence-electron chi connectivity index (χ1n) is 7.29. The lowest BCUT2D eigenvalue weighted by Crippen LogP contribution is -2.10. The van der Waals surface area contributed by atoms with E-state index >= 15 is 0 Å². The molecule has 5 nitrogen and oxygen atoms in total. The van der Waals surface area contributed by atoms with Crippen LogP contribution >= 0.6 is 11.8 Å². The van der Waals surface area contributed by atoms with Gasteiger partial charge in [-0.1, -0.05) is 54.9 Å². The van der Waals surface area contributed by atoms with E-state index in [2.05, 4.69) is 15.5 Å². The van der Waals surface area contributed by atoms with Crippen LogP contribution < -0.4 is 0 Å². The topological polar surface area (TPSA) is 60.7 Å². The van der Waals surface area contributed by atoms with Gasteiger partial charge in [-0.2, -0.15) is 0 Å². The Kier molecular flexibility index (Phi) is 4.65.